The van der Waals surface area contributed by atoms with Crippen LogP contribution in [0, 0.1) is 0 Å². The second-order valence-electron chi connectivity index (χ2n) is 8.12. The fraction of sp³-hybridized carbons (Fsp3) is 0.273. The van der Waals surface area contributed by atoms with Gasteiger partial charge in [0.05, 0.1) is 24.4 Å². The summed E-state index contributed by atoms with van der Waals surface area (Å²) in [6.07, 6.45) is 7.92. The quantitative estimate of drug-likeness (QED) is 0.421. The standard InChI is InChI=1S/C22H22N10O/c1-13-6-9-33-22-15(12-25-31(22)3)21-23-7-4-18(27-21)26-19-10-17-14(11-24-19)20(29-32(13)17)16-5-8-30(2)28-16/h4-5,7-8,10-13H,6,9H2,1-3H3,(H,23,24,26,27)/t13-/m0/s1. The molecule has 5 aromatic rings. The first-order valence-corrected chi connectivity index (χ1v) is 10.7. The Labute approximate surface area is 189 Å². The van der Waals surface area contributed by atoms with Crippen LogP contribution in [-0.4, -0.2) is 50.9 Å². The van der Waals surface area contributed by atoms with Gasteiger partial charge in [0.1, 0.15) is 28.6 Å². The summed E-state index contributed by atoms with van der Waals surface area (Å²) in [7, 11) is 3.74. The van der Waals surface area contributed by atoms with Crippen LogP contribution in [0.5, 0.6) is 5.88 Å². The third-order valence-electron chi connectivity index (χ3n) is 5.78. The van der Waals surface area contributed by atoms with Crippen LogP contribution in [0.2, 0.25) is 0 Å². The van der Waals surface area contributed by atoms with Gasteiger partial charge in [0.25, 0.3) is 0 Å². The summed E-state index contributed by atoms with van der Waals surface area (Å²) in [5.74, 6) is 2.47. The van der Waals surface area contributed by atoms with Crippen molar-refractivity contribution in [2.45, 2.75) is 19.4 Å². The Balaban J connectivity index is 1.51. The van der Waals surface area contributed by atoms with Gasteiger partial charge in [-0.25, -0.2) is 19.6 Å². The Morgan fingerprint density at radius 1 is 1.09 bits per heavy atom. The van der Waals surface area contributed by atoms with Crippen LogP contribution in [0.15, 0.2) is 43.0 Å². The predicted octanol–water partition coefficient (Wildman–Crippen LogP) is 3.11. The van der Waals surface area contributed by atoms with E-state index in [2.05, 4.69) is 37.4 Å². The maximum absolute atomic E-state index is 6.15. The molecule has 1 aliphatic heterocycles. The number of aromatic nitrogens is 9. The zero-order chi connectivity index (χ0) is 22.5. The van der Waals surface area contributed by atoms with Gasteiger partial charge in [-0.2, -0.15) is 15.3 Å². The van der Waals surface area contributed by atoms with E-state index in [1.54, 1.807) is 27.8 Å². The Kier molecular flexibility index (Phi) is 4.35. The summed E-state index contributed by atoms with van der Waals surface area (Å²) < 4.78 is 11.6. The molecular weight excluding hydrogens is 420 g/mol. The SMILES string of the molecule is C[C@H]1CCOc2c(cnn2C)-c2nccc(n2)Nc2cc3c(cn2)c(-c2ccn(C)n2)nn31. The predicted molar refractivity (Wildman–Crippen MR) is 122 cm³/mol. The van der Waals surface area contributed by atoms with Gasteiger partial charge in [-0.3, -0.25) is 9.36 Å². The molecule has 11 nitrogen and oxygen atoms in total. The van der Waals surface area contributed by atoms with Crippen molar-refractivity contribution >= 4 is 22.5 Å². The fourth-order valence-electron chi connectivity index (χ4n) is 4.06. The van der Waals surface area contributed by atoms with Crippen molar-refractivity contribution < 1.29 is 4.74 Å². The van der Waals surface area contributed by atoms with Crippen LogP contribution in [0.4, 0.5) is 11.6 Å². The monoisotopic (exact) mass is 442 g/mol. The molecular formula is C22H22N10O. The topological polar surface area (TPSA) is 113 Å². The highest BCUT2D eigenvalue weighted by molar-refractivity contribution is 5.93. The van der Waals surface area contributed by atoms with E-state index in [0.29, 0.717) is 29.9 Å². The van der Waals surface area contributed by atoms with Crippen LogP contribution in [0.3, 0.4) is 0 Å². The smallest absolute Gasteiger partial charge is 0.222 e. The Bertz CT molecular complexity index is 1480. The largest absolute Gasteiger partial charge is 0.477 e. The van der Waals surface area contributed by atoms with Gasteiger partial charge in [-0.15, -0.1) is 0 Å². The molecule has 4 bridgehead atoms. The van der Waals surface area contributed by atoms with Crippen molar-refractivity contribution in [3.8, 4) is 28.7 Å². The first-order chi connectivity index (χ1) is 16.1. The van der Waals surface area contributed by atoms with Crippen molar-refractivity contribution in [2.75, 3.05) is 11.9 Å². The number of ether oxygens (including phenoxy) is 1. The van der Waals surface area contributed by atoms with Crippen molar-refractivity contribution in [1.82, 2.24) is 44.3 Å². The van der Waals surface area contributed by atoms with Gasteiger partial charge in [-0.1, -0.05) is 0 Å². The molecule has 1 aliphatic rings. The number of hydrogen-bond acceptors (Lipinski definition) is 8. The lowest BCUT2D eigenvalue weighted by Gasteiger charge is -2.16. The van der Waals surface area contributed by atoms with E-state index in [1.807, 2.05) is 43.3 Å². The minimum absolute atomic E-state index is 0.0777. The molecule has 11 heteroatoms. The fourth-order valence-corrected chi connectivity index (χ4v) is 4.06. The molecule has 0 unspecified atom stereocenters. The molecule has 0 aromatic carbocycles. The van der Waals surface area contributed by atoms with E-state index in [-0.39, 0.29) is 6.04 Å². The highest BCUT2D eigenvalue weighted by Gasteiger charge is 2.21. The lowest BCUT2D eigenvalue weighted by atomic mass is 10.2. The molecule has 0 saturated heterocycles. The van der Waals surface area contributed by atoms with Gasteiger partial charge >= 0.3 is 0 Å². The van der Waals surface area contributed by atoms with Crippen molar-refractivity contribution in [2.24, 2.45) is 14.1 Å². The molecule has 0 saturated carbocycles. The second kappa shape index (κ2) is 7.40. The second-order valence-corrected chi connectivity index (χ2v) is 8.12. The lowest BCUT2D eigenvalue weighted by Crippen LogP contribution is -2.13. The van der Waals surface area contributed by atoms with E-state index in [1.165, 1.54) is 0 Å². The molecule has 0 spiro atoms. The van der Waals surface area contributed by atoms with Crippen LogP contribution in [0.1, 0.15) is 19.4 Å². The number of nitrogens with zero attached hydrogens (tertiary/aromatic N) is 9. The van der Waals surface area contributed by atoms with Crippen molar-refractivity contribution in [3.05, 3.63) is 43.0 Å². The minimum Gasteiger partial charge on any atom is -0.477 e. The zero-order valence-electron chi connectivity index (χ0n) is 18.5. The normalized spacial score (nSPS) is 15.7. The molecule has 166 valence electrons. The Morgan fingerprint density at radius 2 is 2.00 bits per heavy atom. The summed E-state index contributed by atoms with van der Waals surface area (Å²) in [6.45, 7) is 2.62. The number of nitrogens with one attached hydrogen (secondary N) is 1. The van der Waals surface area contributed by atoms with Crippen LogP contribution >= 0.6 is 0 Å². The highest BCUT2D eigenvalue weighted by atomic mass is 16.5. The van der Waals surface area contributed by atoms with Gasteiger partial charge in [-0.05, 0) is 19.1 Å². The average Bonchev–Trinajstić information content (AvgIpc) is 3.50. The number of aryl methyl sites for hydroxylation is 2. The summed E-state index contributed by atoms with van der Waals surface area (Å²) in [6, 6.07) is 5.84. The molecule has 0 radical (unpaired) electrons. The number of fused-ring (bicyclic) bond motifs is 5. The third-order valence-corrected chi connectivity index (χ3v) is 5.78. The van der Waals surface area contributed by atoms with Crippen molar-refractivity contribution in [1.29, 1.82) is 0 Å². The molecule has 0 amide bonds. The molecule has 33 heavy (non-hydrogen) atoms. The van der Waals surface area contributed by atoms with Crippen LogP contribution in [-0.2, 0) is 14.1 Å². The Morgan fingerprint density at radius 3 is 2.85 bits per heavy atom. The van der Waals surface area contributed by atoms with E-state index in [9.17, 15) is 0 Å². The van der Waals surface area contributed by atoms with Gasteiger partial charge in [0, 0.05) is 50.6 Å². The third kappa shape index (κ3) is 3.28. The van der Waals surface area contributed by atoms with Crippen LogP contribution < -0.4 is 10.1 Å². The molecule has 6 rings (SSSR count). The van der Waals surface area contributed by atoms with E-state index >= 15 is 0 Å². The number of hydrogen-bond donors (Lipinski definition) is 1. The molecule has 0 aliphatic carbocycles. The summed E-state index contributed by atoms with van der Waals surface area (Å²) in [5, 5.41) is 18.1. The van der Waals surface area contributed by atoms with Crippen LogP contribution in [0.25, 0.3) is 33.7 Å². The minimum atomic E-state index is 0.0777. The summed E-state index contributed by atoms with van der Waals surface area (Å²) in [5.41, 5.74) is 3.32. The van der Waals surface area contributed by atoms with Gasteiger partial charge < -0.3 is 10.1 Å². The molecule has 1 N–H and O–H groups in total. The number of rotatable bonds is 1. The maximum atomic E-state index is 6.15. The van der Waals surface area contributed by atoms with E-state index < -0.39 is 0 Å². The first-order valence-electron chi connectivity index (χ1n) is 10.7. The van der Waals surface area contributed by atoms with E-state index in [4.69, 9.17) is 9.84 Å². The molecule has 0 fully saturated rings. The average molecular weight is 442 g/mol. The Hall–Kier alpha value is -4.28. The van der Waals surface area contributed by atoms with Crippen molar-refractivity contribution in [3.63, 3.8) is 0 Å². The molecule has 5 aromatic heterocycles. The highest BCUT2D eigenvalue weighted by Crippen LogP contribution is 2.33. The molecule has 1 atom stereocenters. The summed E-state index contributed by atoms with van der Waals surface area (Å²) >= 11 is 0. The van der Waals surface area contributed by atoms with Gasteiger partial charge in [0.2, 0.25) is 5.88 Å². The first kappa shape index (κ1) is 19.4. The number of anilines is 2. The molecule has 6 heterocycles. The number of pyridine rings is 1. The van der Waals surface area contributed by atoms with E-state index in [0.717, 1.165) is 34.3 Å². The summed E-state index contributed by atoms with van der Waals surface area (Å²) in [4.78, 5) is 13.7. The van der Waals surface area contributed by atoms with Gasteiger partial charge in [0.15, 0.2) is 5.82 Å². The maximum Gasteiger partial charge on any atom is 0.222 e. The zero-order valence-corrected chi connectivity index (χ0v) is 18.5. The lowest BCUT2D eigenvalue weighted by molar-refractivity contribution is 0.260.